The summed E-state index contributed by atoms with van der Waals surface area (Å²) in [6.07, 6.45) is 7.36. The molecule has 2 unspecified atom stereocenters. The van der Waals surface area contributed by atoms with E-state index in [2.05, 4.69) is 31.1 Å². The second-order valence-corrected chi connectivity index (χ2v) is 6.49. The third kappa shape index (κ3) is 2.27. The predicted molar refractivity (Wildman–Crippen MR) is 64.9 cm³/mol. The Kier molecular flexibility index (Phi) is 3.43. The molecule has 1 saturated heterocycles. The van der Waals surface area contributed by atoms with E-state index in [1.54, 1.807) is 0 Å². The van der Waals surface area contributed by atoms with Crippen molar-refractivity contribution in [2.75, 3.05) is 18.6 Å². The maximum Gasteiger partial charge on any atom is 0.0191 e. The Morgan fingerprint density at radius 1 is 1.29 bits per heavy atom. The summed E-state index contributed by atoms with van der Waals surface area (Å²) in [7, 11) is 2.13. The molecule has 0 amide bonds. The maximum absolute atomic E-state index is 3.48. The fourth-order valence-corrected chi connectivity index (χ4v) is 4.67. The summed E-state index contributed by atoms with van der Waals surface area (Å²) in [5.74, 6) is 3.66. The zero-order chi connectivity index (χ0) is 10.0. The summed E-state index contributed by atoms with van der Waals surface area (Å²) in [5, 5.41) is 3.48. The van der Waals surface area contributed by atoms with Crippen molar-refractivity contribution in [3.63, 3.8) is 0 Å². The molecule has 0 aromatic rings. The van der Waals surface area contributed by atoms with Crippen LogP contribution in [0.4, 0.5) is 0 Å². The molecule has 1 N–H and O–H groups in total. The van der Waals surface area contributed by atoms with Crippen molar-refractivity contribution in [2.24, 2.45) is 11.3 Å². The molecule has 1 aliphatic carbocycles. The fraction of sp³-hybridized carbons (Fsp3) is 1.00. The molecule has 0 aromatic carbocycles. The van der Waals surface area contributed by atoms with E-state index in [1.165, 1.54) is 43.6 Å². The highest BCUT2D eigenvalue weighted by molar-refractivity contribution is 7.99. The van der Waals surface area contributed by atoms with E-state index in [1.807, 2.05) is 0 Å². The van der Waals surface area contributed by atoms with Gasteiger partial charge in [0.1, 0.15) is 0 Å². The number of hydrogen-bond donors (Lipinski definition) is 1. The summed E-state index contributed by atoms with van der Waals surface area (Å²) >= 11 is 2.13. The van der Waals surface area contributed by atoms with Crippen molar-refractivity contribution < 1.29 is 0 Å². The van der Waals surface area contributed by atoms with Crippen LogP contribution in [0.25, 0.3) is 0 Å². The van der Waals surface area contributed by atoms with Crippen LogP contribution in [0.3, 0.4) is 0 Å². The zero-order valence-electron chi connectivity index (χ0n) is 9.51. The van der Waals surface area contributed by atoms with Crippen LogP contribution < -0.4 is 5.32 Å². The quantitative estimate of drug-likeness (QED) is 0.773. The molecule has 0 bridgehead atoms. The third-order valence-corrected chi connectivity index (χ3v) is 5.39. The first-order chi connectivity index (χ1) is 6.73. The van der Waals surface area contributed by atoms with E-state index in [0.29, 0.717) is 5.41 Å². The van der Waals surface area contributed by atoms with Gasteiger partial charge in [-0.25, -0.2) is 0 Å². The van der Waals surface area contributed by atoms with E-state index in [4.69, 9.17) is 0 Å². The van der Waals surface area contributed by atoms with Crippen molar-refractivity contribution in [1.29, 1.82) is 0 Å². The van der Waals surface area contributed by atoms with Gasteiger partial charge in [0.25, 0.3) is 0 Å². The number of hydrogen-bond acceptors (Lipinski definition) is 2. The highest BCUT2D eigenvalue weighted by atomic mass is 32.2. The lowest BCUT2D eigenvalue weighted by atomic mass is 9.78. The van der Waals surface area contributed by atoms with Crippen molar-refractivity contribution in [1.82, 2.24) is 5.32 Å². The van der Waals surface area contributed by atoms with Crippen LogP contribution in [0.15, 0.2) is 0 Å². The van der Waals surface area contributed by atoms with Crippen LogP contribution in [-0.2, 0) is 0 Å². The van der Waals surface area contributed by atoms with E-state index in [-0.39, 0.29) is 0 Å². The Bertz CT molecular complexity index is 187. The van der Waals surface area contributed by atoms with E-state index in [9.17, 15) is 0 Å². The van der Waals surface area contributed by atoms with Crippen LogP contribution in [0.5, 0.6) is 0 Å². The van der Waals surface area contributed by atoms with E-state index in [0.717, 1.165) is 12.0 Å². The molecule has 1 aliphatic heterocycles. The lowest BCUT2D eigenvalue weighted by Crippen LogP contribution is -2.35. The van der Waals surface area contributed by atoms with Gasteiger partial charge in [0.2, 0.25) is 0 Å². The van der Waals surface area contributed by atoms with Crippen LogP contribution in [0.2, 0.25) is 0 Å². The van der Waals surface area contributed by atoms with Crippen molar-refractivity contribution in [2.45, 2.75) is 45.1 Å². The average Bonchev–Trinajstić information content (AvgIpc) is 2.75. The monoisotopic (exact) mass is 213 g/mol. The van der Waals surface area contributed by atoms with Crippen LogP contribution in [-0.4, -0.2) is 24.6 Å². The molecule has 2 atom stereocenters. The van der Waals surface area contributed by atoms with Crippen LogP contribution in [0, 0.1) is 11.3 Å². The largest absolute Gasteiger partial charge is 0.316 e. The smallest absolute Gasteiger partial charge is 0.0191 e. The van der Waals surface area contributed by atoms with Crippen molar-refractivity contribution >= 4 is 11.8 Å². The molecule has 0 spiro atoms. The molecule has 0 radical (unpaired) electrons. The Balaban J connectivity index is 1.89. The van der Waals surface area contributed by atoms with E-state index >= 15 is 0 Å². The number of thioether (sulfide) groups is 1. The normalized spacial score (nSPS) is 36.4. The van der Waals surface area contributed by atoms with Gasteiger partial charge in [-0.3, -0.25) is 0 Å². The fourth-order valence-electron chi connectivity index (χ4n) is 3.18. The molecule has 2 rings (SSSR count). The molecule has 1 heterocycles. The summed E-state index contributed by atoms with van der Waals surface area (Å²) in [6, 6.07) is 0.789. The van der Waals surface area contributed by atoms with Gasteiger partial charge in [0, 0.05) is 11.8 Å². The first-order valence-electron chi connectivity index (χ1n) is 5.98. The van der Waals surface area contributed by atoms with Gasteiger partial charge < -0.3 is 5.32 Å². The predicted octanol–water partition coefficient (Wildman–Crippen LogP) is 2.91. The minimum Gasteiger partial charge on any atom is -0.316 e. The Labute approximate surface area is 92.4 Å². The molecular formula is C12H23NS. The first-order valence-corrected chi connectivity index (χ1v) is 7.14. The molecule has 1 saturated carbocycles. The highest BCUT2D eigenvalue weighted by Crippen LogP contribution is 2.45. The zero-order valence-corrected chi connectivity index (χ0v) is 10.3. The molecular weight excluding hydrogens is 190 g/mol. The van der Waals surface area contributed by atoms with E-state index < -0.39 is 0 Å². The van der Waals surface area contributed by atoms with Gasteiger partial charge in [-0.2, -0.15) is 11.8 Å². The van der Waals surface area contributed by atoms with Crippen molar-refractivity contribution in [3.05, 3.63) is 0 Å². The second kappa shape index (κ2) is 4.44. The van der Waals surface area contributed by atoms with Gasteiger partial charge in [0.15, 0.2) is 0 Å². The van der Waals surface area contributed by atoms with Gasteiger partial charge in [0.05, 0.1) is 0 Å². The first kappa shape index (κ1) is 10.8. The molecule has 1 nitrogen and oxygen atoms in total. The average molecular weight is 213 g/mol. The second-order valence-electron chi connectivity index (χ2n) is 5.41. The minimum atomic E-state index is 0.685. The maximum atomic E-state index is 3.48. The molecule has 14 heavy (non-hydrogen) atoms. The minimum absolute atomic E-state index is 0.685. The van der Waals surface area contributed by atoms with Gasteiger partial charge in [-0.15, -0.1) is 0 Å². The summed E-state index contributed by atoms with van der Waals surface area (Å²) in [5.41, 5.74) is 0.685. The number of rotatable bonds is 3. The Morgan fingerprint density at radius 2 is 2.00 bits per heavy atom. The Morgan fingerprint density at radius 3 is 2.64 bits per heavy atom. The van der Waals surface area contributed by atoms with Gasteiger partial charge >= 0.3 is 0 Å². The Hall–Kier alpha value is 0.310. The molecule has 0 aromatic heterocycles. The topological polar surface area (TPSA) is 12.0 Å². The molecule has 2 aliphatic rings. The lowest BCUT2D eigenvalue weighted by molar-refractivity contribution is 0.238. The standard InChI is InChI=1S/C12H23NS/c1-12(5-3-4-6-12)7-10-8-14-9-11(10)13-2/h10-11,13H,3-9H2,1-2H3. The summed E-state index contributed by atoms with van der Waals surface area (Å²) < 4.78 is 0. The third-order valence-electron chi connectivity index (χ3n) is 4.13. The SMILES string of the molecule is CNC1CSCC1CC1(C)CCCC1. The number of nitrogens with one attached hydrogen (secondary N) is 1. The molecule has 2 fully saturated rings. The molecule has 2 heteroatoms. The lowest BCUT2D eigenvalue weighted by Gasteiger charge is -2.29. The van der Waals surface area contributed by atoms with Crippen LogP contribution in [0.1, 0.15) is 39.0 Å². The van der Waals surface area contributed by atoms with Crippen molar-refractivity contribution in [3.8, 4) is 0 Å². The summed E-state index contributed by atoms with van der Waals surface area (Å²) in [6.45, 7) is 2.51. The van der Waals surface area contributed by atoms with Gasteiger partial charge in [-0.1, -0.05) is 19.8 Å². The van der Waals surface area contributed by atoms with Crippen LogP contribution >= 0.6 is 11.8 Å². The summed E-state index contributed by atoms with van der Waals surface area (Å²) in [4.78, 5) is 0. The molecule has 82 valence electrons. The van der Waals surface area contributed by atoms with Gasteiger partial charge in [-0.05, 0) is 43.4 Å². The highest BCUT2D eigenvalue weighted by Gasteiger charge is 2.36.